The van der Waals surface area contributed by atoms with Crippen LogP contribution in [-0.4, -0.2) is 5.91 Å². The van der Waals surface area contributed by atoms with E-state index in [9.17, 15) is 9.18 Å². The molecule has 3 aromatic rings. The van der Waals surface area contributed by atoms with Gasteiger partial charge in [0.15, 0.2) is 0 Å². The van der Waals surface area contributed by atoms with Crippen molar-refractivity contribution in [3.8, 4) is 5.75 Å². The lowest BCUT2D eigenvalue weighted by molar-refractivity contribution is -0.111. The number of carbonyl (C=O) groups excluding carboxylic acids is 1. The number of nitrogens with one attached hydrogen (secondary N) is 1. The summed E-state index contributed by atoms with van der Waals surface area (Å²) in [6, 6.07) is 23.0. The van der Waals surface area contributed by atoms with Gasteiger partial charge in [0.05, 0.1) is 0 Å². The second kappa shape index (κ2) is 8.62. The van der Waals surface area contributed by atoms with Crippen LogP contribution in [0.4, 0.5) is 10.1 Å². The highest BCUT2D eigenvalue weighted by molar-refractivity contribution is 6.02. The number of hydrogen-bond acceptors (Lipinski definition) is 2. The smallest absolute Gasteiger partial charge is 0.248 e. The van der Waals surface area contributed by atoms with Crippen LogP contribution in [0.15, 0.2) is 84.9 Å². The molecular weight excluding hydrogens is 329 g/mol. The number of hydrogen-bond donors (Lipinski definition) is 1. The van der Waals surface area contributed by atoms with Crippen molar-refractivity contribution in [2.75, 3.05) is 5.32 Å². The molecule has 0 aliphatic heterocycles. The minimum absolute atomic E-state index is 0.269. The Labute approximate surface area is 151 Å². The molecule has 0 bridgehead atoms. The zero-order valence-corrected chi connectivity index (χ0v) is 14.1. The molecule has 0 saturated carbocycles. The quantitative estimate of drug-likeness (QED) is 0.633. The monoisotopic (exact) mass is 347 g/mol. The normalized spacial score (nSPS) is 10.7. The van der Waals surface area contributed by atoms with Crippen molar-refractivity contribution >= 4 is 17.7 Å². The predicted molar refractivity (Wildman–Crippen MR) is 101 cm³/mol. The molecule has 0 aliphatic rings. The van der Waals surface area contributed by atoms with Crippen molar-refractivity contribution in [3.63, 3.8) is 0 Å². The van der Waals surface area contributed by atoms with E-state index in [-0.39, 0.29) is 11.7 Å². The van der Waals surface area contributed by atoms with Crippen LogP contribution in [-0.2, 0) is 11.4 Å². The largest absolute Gasteiger partial charge is 0.489 e. The van der Waals surface area contributed by atoms with Crippen molar-refractivity contribution in [1.29, 1.82) is 0 Å². The van der Waals surface area contributed by atoms with Gasteiger partial charge in [-0.1, -0.05) is 48.5 Å². The summed E-state index contributed by atoms with van der Waals surface area (Å²) in [7, 11) is 0. The summed E-state index contributed by atoms with van der Waals surface area (Å²) in [4.78, 5) is 12.0. The third-order valence-corrected chi connectivity index (χ3v) is 3.65. The first kappa shape index (κ1) is 17.4. The van der Waals surface area contributed by atoms with Crippen LogP contribution in [0.2, 0.25) is 0 Å². The average Bonchev–Trinajstić information content (AvgIpc) is 2.67. The first-order valence-electron chi connectivity index (χ1n) is 8.20. The van der Waals surface area contributed by atoms with Gasteiger partial charge in [0, 0.05) is 17.8 Å². The Morgan fingerprint density at radius 3 is 2.50 bits per heavy atom. The molecule has 0 fully saturated rings. The topological polar surface area (TPSA) is 38.3 Å². The second-order valence-electron chi connectivity index (χ2n) is 5.68. The standard InChI is InChI=1S/C22H18FNO2/c23-19-12-9-17(10-13-19)11-14-22(25)24-20-7-4-8-21(15-20)26-16-18-5-2-1-3-6-18/h1-15H,16H2,(H,24,25)/b14-11+. The number of carbonyl (C=O) groups is 1. The third kappa shape index (κ3) is 5.31. The number of anilines is 1. The first-order valence-corrected chi connectivity index (χ1v) is 8.20. The van der Waals surface area contributed by atoms with Crippen molar-refractivity contribution in [2.45, 2.75) is 6.61 Å². The minimum Gasteiger partial charge on any atom is -0.489 e. The highest BCUT2D eigenvalue weighted by atomic mass is 19.1. The fourth-order valence-electron chi connectivity index (χ4n) is 2.33. The zero-order valence-electron chi connectivity index (χ0n) is 14.1. The van der Waals surface area contributed by atoms with Crippen molar-refractivity contribution in [1.82, 2.24) is 0 Å². The van der Waals surface area contributed by atoms with Crippen molar-refractivity contribution in [3.05, 3.63) is 102 Å². The molecular formula is C22H18FNO2. The van der Waals surface area contributed by atoms with Crippen LogP contribution >= 0.6 is 0 Å². The highest BCUT2D eigenvalue weighted by Crippen LogP contribution is 2.19. The van der Waals surface area contributed by atoms with Gasteiger partial charge in [-0.2, -0.15) is 0 Å². The van der Waals surface area contributed by atoms with E-state index in [4.69, 9.17) is 4.74 Å². The minimum atomic E-state index is -0.307. The summed E-state index contributed by atoms with van der Waals surface area (Å²) in [5.74, 6) is 0.0996. The average molecular weight is 347 g/mol. The van der Waals surface area contributed by atoms with E-state index in [1.807, 2.05) is 42.5 Å². The Kier molecular flexibility index (Phi) is 5.78. The molecule has 0 atom stereocenters. The molecule has 0 radical (unpaired) electrons. The van der Waals surface area contributed by atoms with Crippen LogP contribution in [0.3, 0.4) is 0 Å². The maximum absolute atomic E-state index is 12.9. The molecule has 0 aliphatic carbocycles. The second-order valence-corrected chi connectivity index (χ2v) is 5.68. The molecule has 3 nitrogen and oxygen atoms in total. The molecule has 0 unspecified atom stereocenters. The van der Waals surface area contributed by atoms with Crippen LogP contribution in [0.1, 0.15) is 11.1 Å². The summed E-state index contributed by atoms with van der Waals surface area (Å²) in [6.45, 7) is 0.461. The summed E-state index contributed by atoms with van der Waals surface area (Å²) in [5, 5.41) is 2.78. The molecule has 26 heavy (non-hydrogen) atoms. The maximum Gasteiger partial charge on any atom is 0.248 e. The number of ether oxygens (including phenoxy) is 1. The molecule has 1 N–H and O–H groups in total. The van der Waals surface area contributed by atoms with Gasteiger partial charge in [-0.05, 0) is 41.5 Å². The first-order chi connectivity index (χ1) is 12.7. The fraction of sp³-hybridized carbons (Fsp3) is 0.0455. The Morgan fingerprint density at radius 2 is 1.73 bits per heavy atom. The van der Waals surface area contributed by atoms with E-state index >= 15 is 0 Å². The maximum atomic E-state index is 12.9. The molecule has 130 valence electrons. The lowest BCUT2D eigenvalue weighted by Crippen LogP contribution is -2.07. The van der Waals surface area contributed by atoms with Crippen LogP contribution in [0.25, 0.3) is 6.08 Å². The molecule has 3 rings (SSSR count). The molecule has 3 aromatic carbocycles. The Balaban J connectivity index is 1.57. The summed E-state index contributed by atoms with van der Waals surface area (Å²) in [5.41, 5.74) is 2.47. The Bertz CT molecular complexity index is 890. The van der Waals surface area contributed by atoms with E-state index in [1.54, 1.807) is 30.3 Å². The Hall–Kier alpha value is -3.40. The molecule has 0 saturated heterocycles. The fourth-order valence-corrected chi connectivity index (χ4v) is 2.33. The molecule has 4 heteroatoms. The third-order valence-electron chi connectivity index (χ3n) is 3.65. The van der Waals surface area contributed by atoms with Gasteiger partial charge in [-0.25, -0.2) is 4.39 Å². The number of amides is 1. The molecule has 0 heterocycles. The van der Waals surface area contributed by atoms with E-state index in [2.05, 4.69) is 5.32 Å². The van der Waals surface area contributed by atoms with E-state index in [1.165, 1.54) is 18.2 Å². The van der Waals surface area contributed by atoms with Crippen molar-refractivity contribution < 1.29 is 13.9 Å². The van der Waals surface area contributed by atoms with Gasteiger partial charge in [0.1, 0.15) is 18.2 Å². The van der Waals surface area contributed by atoms with Gasteiger partial charge in [0.25, 0.3) is 0 Å². The van der Waals surface area contributed by atoms with E-state index in [0.29, 0.717) is 18.0 Å². The number of benzene rings is 3. The van der Waals surface area contributed by atoms with Crippen LogP contribution < -0.4 is 10.1 Å². The number of rotatable bonds is 6. The molecule has 0 spiro atoms. The van der Waals surface area contributed by atoms with E-state index in [0.717, 1.165) is 11.1 Å². The van der Waals surface area contributed by atoms with Crippen LogP contribution in [0, 0.1) is 5.82 Å². The summed E-state index contributed by atoms with van der Waals surface area (Å²) >= 11 is 0. The summed E-state index contributed by atoms with van der Waals surface area (Å²) < 4.78 is 18.6. The van der Waals surface area contributed by atoms with Crippen molar-refractivity contribution in [2.24, 2.45) is 0 Å². The highest BCUT2D eigenvalue weighted by Gasteiger charge is 2.01. The van der Waals surface area contributed by atoms with Gasteiger partial charge >= 0.3 is 0 Å². The summed E-state index contributed by atoms with van der Waals surface area (Å²) in [6.07, 6.45) is 3.04. The SMILES string of the molecule is O=C(/C=C/c1ccc(F)cc1)Nc1cccc(OCc2ccccc2)c1. The lowest BCUT2D eigenvalue weighted by atomic mass is 10.2. The number of halogens is 1. The van der Waals surface area contributed by atoms with Gasteiger partial charge in [-0.3, -0.25) is 4.79 Å². The van der Waals surface area contributed by atoms with Crippen LogP contribution in [0.5, 0.6) is 5.75 Å². The van der Waals surface area contributed by atoms with Gasteiger partial charge in [0.2, 0.25) is 5.91 Å². The Morgan fingerprint density at radius 1 is 0.962 bits per heavy atom. The van der Waals surface area contributed by atoms with Gasteiger partial charge in [-0.15, -0.1) is 0 Å². The zero-order chi connectivity index (χ0) is 18.2. The van der Waals surface area contributed by atoms with Gasteiger partial charge < -0.3 is 10.1 Å². The molecule has 1 amide bonds. The molecule has 0 aromatic heterocycles. The predicted octanol–water partition coefficient (Wildman–Crippen LogP) is 5.06. The van der Waals surface area contributed by atoms with E-state index < -0.39 is 0 Å². The lowest BCUT2D eigenvalue weighted by Gasteiger charge is -2.08.